The predicted octanol–water partition coefficient (Wildman–Crippen LogP) is 1.64. The monoisotopic (exact) mass is 439 g/mol. The van der Waals surface area contributed by atoms with Crippen molar-refractivity contribution < 1.29 is 9.53 Å². The van der Waals surface area contributed by atoms with E-state index in [1.165, 1.54) is 10.2 Å². The number of aromatic nitrogens is 2. The minimum absolute atomic E-state index is 0.0350. The summed E-state index contributed by atoms with van der Waals surface area (Å²) in [4.78, 5) is 29.1. The third-order valence-electron chi connectivity index (χ3n) is 6.69. The van der Waals surface area contributed by atoms with Gasteiger partial charge in [0.05, 0.1) is 24.9 Å². The number of amides is 1. The van der Waals surface area contributed by atoms with Crippen molar-refractivity contribution in [3.8, 4) is 5.75 Å². The molecule has 1 unspecified atom stereocenters. The molecule has 1 amide bonds. The van der Waals surface area contributed by atoms with Crippen molar-refractivity contribution >= 4 is 11.6 Å². The van der Waals surface area contributed by atoms with E-state index in [0.717, 1.165) is 63.4 Å². The zero-order valence-corrected chi connectivity index (χ0v) is 19.0. The van der Waals surface area contributed by atoms with Gasteiger partial charge in [-0.1, -0.05) is 12.1 Å². The van der Waals surface area contributed by atoms with Crippen LogP contribution in [0.25, 0.3) is 0 Å². The van der Waals surface area contributed by atoms with Gasteiger partial charge in [-0.3, -0.25) is 14.5 Å². The molecule has 32 heavy (non-hydrogen) atoms. The number of hydrogen-bond acceptors (Lipinski definition) is 6. The fraction of sp³-hybridized carbons (Fsp3) is 0.542. The van der Waals surface area contributed by atoms with Crippen LogP contribution in [0.3, 0.4) is 0 Å². The van der Waals surface area contributed by atoms with Crippen molar-refractivity contribution in [2.45, 2.75) is 25.8 Å². The number of methoxy groups -OCH3 is 1. The van der Waals surface area contributed by atoms with Gasteiger partial charge >= 0.3 is 0 Å². The number of piperidine rings is 1. The molecule has 0 saturated carbocycles. The predicted molar refractivity (Wildman–Crippen MR) is 124 cm³/mol. The normalized spacial score (nSPS) is 19.8. The number of aryl methyl sites for hydroxylation is 1. The third kappa shape index (κ3) is 5.48. The summed E-state index contributed by atoms with van der Waals surface area (Å²) in [7, 11) is 3.33. The third-order valence-corrected chi connectivity index (χ3v) is 6.69. The molecule has 0 spiro atoms. The number of carbonyl (C=O) groups is 1. The van der Waals surface area contributed by atoms with Crippen LogP contribution in [0.5, 0.6) is 5.75 Å². The Kier molecular flexibility index (Phi) is 7.09. The Morgan fingerprint density at radius 2 is 2.00 bits per heavy atom. The fourth-order valence-electron chi connectivity index (χ4n) is 4.61. The minimum Gasteiger partial charge on any atom is -0.497 e. The second-order valence-electron chi connectivity index (χ2n) is 8.92. The van der Waals surface area contributed by atoms with Crippen molar-refractivity contribution in [3.63, 3.8) is 0 Å². The maximum Gasteiger partial charge on any atom is 0.268 e. The standard InChI is InChI=1S/C24H33N5O3/c1-27-23(30)13-21(15-26-27)29-11-8-20(17-29)24(31)25-14-18-6-9-28(10-7-18)16-19-4-3-5-22(12-19)32-2/h3-5,12-13,15,18,20H,6-11,14,16-17H2,1-2H3,(H,25,31). The van der Waals surface area contributed by atoms with Crippen LogP contribution in [0.1, 0.15) is 24.8 Å². The van der Waals surface area contributed by atoms with E-state index in [9.17, 15) is 9.59 Å². The second-order valence-corrected chi connectivity index (χ2v) is 8.92. The zero-order valence-electron chi connectivity index (χ0n) is 19.0. The first-order valence-electron chi connectivity index (χ1n) is 11.4. The van der Waals surface area contributed by atoms with Crippen LogP contribution < -0.4 is 20.5 Å². The lowest BCUT2D eigenvalue weighted by atomic mass is 9.96. The largest absolute Gasteiger partial charge is 0.497 e. The molecule has 8 nitrogen and oxygen atoms in total. The Morgan fingerprint density at radius 1 is 1.19 bits per heavy atom. The molecule has 8 heteroatoms. The van der Waals surface area contributed by atoms with E-state index in [1.54, 1.807) is 26.4 Å². The number of anilines is 1. The Hall–Kier alpha value is -2.87. The van der Waals surface area contributed by atoms with Crippen molar-refractivity contribution in [1.29, 1.82) is 0 Å². The van der Waals surface area contributed by atoms with Crippen LogP contribution in [-0.2, 0) is 18.4 Å². The van der Waals surface area contributed by atoms with Gasteiger partial charge in [0.2, 0.25) is 5.91 Å². The van der Waals surface area contributed by atoms with Gasteiger partial charge in [0.25, 0.3) is 5.56 Å². The summed E-state index contributed by atoms with van der Waals surface area (Å²) in [5.74, 6) is 1.52. The Balaban J connectivity index is 1.19. The van der Waals surface area contributed by atoms with E-state index >= 15 is 0 Å². The molecule has 2 aliphatic rings. The summed E-state index contributed by atoms with van der Waals surface area (Å²) < 4.78 is 6.63. The molecule has 1 aromatic heterocycles. The Morgan fingerprint density at radius 3 is 2.75 bits per heavy atom. The van der Waals surface area contributed by atoms with Crippen LogP contribution in [-0.4, -0.2) is 60.4 Å². The molecule has 2 aliphatic heterocycles. The molecular formula is C24H33N5O3. The van der Waals surface area contributed by atoms with E-state index in [1.807, 2.05) is 12.1 Å². The van der Waals surface area contributed by atoms with Gasteiger partial charge in [0.1, 0.15) is 5.75 Å². The molecule has 4 rings (SSSR count). The van der Waals surface area contributed by atoms with E-state index in [-0.39, 0.29) is 17.4 Å². The Bertz CT molecular complexity index is 984. The summed E-state index contributed by atoms with van der Waals surface area (Å²) in [6.07, 6.45) is 4.70. The number of carbonyl (C=O) groups excluding carboxylic acids is 1. The maximum absolute atomic E-state index is 12.7. The molecule has 2 aromatic rings. The summed E-state index contributed by atoms with van der Waals surface area (Å²) >= 11 is 0. The van der Waals surface area contributed by atoms with Gasteiger partial charge in [0, 0.05) is 39.3 Å². The molecule has 1 N–H and O–H groups in total. The molecule has 2 fully saturated rings. The number of rotatable bonds is 7. The molecule has 172 valence electrons. The highest BCUT2D eigenvalue weighted by molar-refractivity contribution is 5.80. The van der Waals surface area contributed by atoms with Crippen LogP contribution in [0.2, 0.25) is 0 Å². The first-order chi connectivity index (χ1) is 15.5. The number of nitrogens with one attached hydrogen (secondary N) is 1. The lowest BCUT2D eigenvalue weighted by Crippen LogP contribution is -2.40. The molecular weight excluding hydrogens is 406 g/mol. The van der Waals surface area contributed by atoms with E-state index in [0.29, 0.717) is 12.5 Å². The van der Waals surface area contributed by atoms with Crippen molar-refractivity contribution in [2.75, 3.05) is 44.7 Å². The topological polar surface area (TPSA) is 79.7 Å². The first-order valence-corrected chi connectivity index (χ1v) is 11.4. The number of likely N-dealkylation sites (tertiary alicyclic amines) is 1. The SMILES string of the molecule is COc1cccc(CN2CCC(CNC(=O)C3CCN(c4cnn(C)c(=O)c4)C3)CC2)c1. The average molecular weight is 440 g/mol. The fourth-order valence-corrected chi connectivity index (χ4v) is 4.61. The lowest BCUT2D eigenvalue weighted by molar-refractivity contribution is -0.124. The van der Waals surface area contributed by atoms with Gasteiger partial charge in [-0.15, -0.1) is 0 Å². The van der Waals surface area contributed by atoms with Crippen molar-refractivity contribution in [3.05, 3.63) is 52.4 Å². The lowest BCUT2D eigenvalue weighted by Gasteiger charge is -2.32. The number of benzene rings is 1. The number of nitrogens with zero attached hydrogens (tertiary/aromatic N) is 4. The molecule has 0 radical (unpaired) electrons. The van der Waals surface area contributed by atoms with Crippen LogP contribution in [0.4, 0.5) is 5.69 Å². The van der Waals surface area contributed by atoms with Gasteiger partial charge in [0.15, 0.2) is 0 Å². The quantitative estimate of drug-likeness (QED) is 0.707. The summed E-state index contributed by atoms with van der Waals surface area (Å²) in [5, 5.41) is 7.27. The van der Waals surface area contributed by atoms with Gasteiger partial charge in [-0.05, 0) is 56.0 Å². The smallest absolute Gasteiger partial charge is 0.268 e. The van der Waals surface area contributed by atoms with Crippen molar-refractivity contribution in [2.24, 2.45) is 18.9 Å². The zero-order chi connectivity index (χ0) is 22.5. The Labute approximate surface area is 189 Å². The first kappa shape index (κ1) is 22.3. The van der Waals surface area contributed by atoms with Gasteiger partial charge in [-0.25, -0.2) is 4.68 Å². The second kappa shape index (κ2) is 10.2. The van der Waals surface area contributed by atoms with Crippen LogP contribution in [0.15, 0.2) is 41.3 Å². The summed E-state index contributed by atoms with van der Waals surface area (Å²) in [5.41, 5.74) is 1.94. The molecule has 1 aromatic carbocycles. The maximum atomic E-state index is 12.7. The van der Waals surface area contributed by atoms with E-state index in [4.69, 9.17) is 4.74 Å². The highest BCUT2D eigenvalue weighted by Gasteiger charge is 2.29. The summed E-state index contributed by atoms with van der Waals surface area (Å²) in [6.45, 7) is 5.19. The number of hydrogen-bond donors (Lipinski definition) is 1. The van der Waals surface area contributed by atoms with Crippen LogP contribution >= 0.6 is 0 Å². The number of ether oxygens (including phenoxy) is 1. The van der Waals surface area contributed by atoms with Crippen molar-refractivity contribution in [1.82, 2.24) is 20.0 Å². The van der Waals surface area contributed by atoms with E-state index < -0.39 is 0 Å². The molecule has 0 aliphatic carbocycles. The highest BCUT2D eigenvalue weighted by Crippen LogP contribution is 2.23. The highest BCUT2D eigenvalue weighted by atomic mass is 16.5. The molecule has 0 bridgehead atoms. The van der Waals surface area contributed by atoms with Gasteiger partial charge in [-0.2, -0.15) is 5.10 Å². The summed E-state index contributed by atoms with van der Waals surface area (Å²) in [6, 6.07) is 9.84. The van der Waals surface area contributed by atoms with Gasteiger partial charge < -0.3 is 15.0 Å². The molecule has 2 saturated heterocycles. The average Bonchev–Trinajstić information content (AvgIpc) is 3.31. The van der Waals surface area contributed by atoms with Crippen LogP contribution in [0, 0.1) is 11.8 Å². The molecule has 1 atom stereocenters. The minimum atomic E-state index is -0.131. The van der Waals surface area contributed by atoms with E-state index in [2.05, 4.69) is 32.3 Å². The molecule has 3 heterocycles.